The third-order valence-corrected chi connectivity index (χ3v) is 2.47. The quantitative estimate of drug-likeness (QED) is 0.797. The number of aromatic nitrogens is 2. The maximum absolute atomic E-state index is 11.7. The van der Waals surface area contributed by atoms with E-state index in [1.54, 1.807) is 0 Å². The van der Waals surface area contributed by atoms with Crippen molar-refractivity contribution in [3.05, 3.63) is 28.2 Å². The van der Waals surface area contributed by atoms with Gasteiger partial charge in [0.05, 0.1) is 0 Å². The van der Waals surface area contributed by atoms with Crippen LogP contribution in [0.5, 0.6) is 0 Å². The van der Waals surface area contributed by atoms with Crippen LogP contribution >= 0.6 is 0 Å². The molecule has 1 aromatic heterocycles. The minimum absolute atomic E-state index is 0.126. The summed E-state index contributed by atoms with van der Waals surface area (Å²) in [5.41, 5.74) is -0.0776. The maximum Gasteiger partial charge on any atom is 0.271 e. The molecule has 5 nitrogen and oxygen atoms in total. The summed E-state index contributed by atoms with van der Waals surface area (Å²) >= 11 is 0. The lowest BCUT2D eigenvalue weighted by atomic mass is 10.0. The van der Waals surface area contributed by atoms with Gasteiger partial charge in [-0.1, -0.05) is 20.8 Å². The summed E-state index contributed by atoms with van der Waals surface area (Å²) in [5, 5.41) is 8.79. The largest absolute Gasteiger partial charge is 0.348 e. The monoisotopic (exact) mass is 223 g/mol. The van der Waals surface area contributed by atoms with Crippen LogP contribution in [0.15, 0.2) is 16.9 Å². The van der Waals surface area contributed by atoms with Gasteiger partial charge in [0.25, 0.3) is 11.5 Å². The maximum atomic E-state index is 11.7. The molecule has 1 atom stereocenters. The normalized spacial score (nSPS) is 12.5. The summed E-state index contributed by atoms with van der Waals surface area (Å²) in [4.78, 5) is 22.5. The van der Waals surface area contributed by atoms with Gasteiger partial charge in [0.2, 0.25) is 0 Å². The zero-order chi connectivity index (χ0) is 12.1. The van der Waals surface area contributed by atoms with E-state index < -0.39 is 0 Å². The first-order valence-electron chi connectivity index (χ1n) is 5.41. The van der Waals surface area contributed by atoms with Crippen LogP contribution in [-0.4, -0.2) is 22.1 Å². The Morgan fingerprint density at radius 2 is 2.19 bits per heavy atom. The Kier molecular flexibility index (Phi) is 4.22. The van der Waals surface area contributed by atoms with Crippen molar-refractivity contribution in [2.45, 2.75) is 33.2 Å². The molecule has 0 saturated carbocycles. The van der Waals surface area contributed by atoms with E-state index in [0.29, 0.717) is 5.92 Å². The molecular formula is C11H17N3O2. The minimum Gasteiger partial charge on any atom is -0.348 e. The lowest BCUT2D eigenvalue weighted by molar-refractivity contribution is 0.0918. The number of amides is 1. The molecule has 0 aromatic carbocycles. The Morgan fingerprint density at radius 3 is 2.62 bits per heavy atom. The van der Waals surface area contributed by atoms with E-state index in [2.05, 4.69) is 29.4 Å². The fourth-order valence-electron chi connectivity index (χ4n) is 1.45. The fourth-order valence-corrected chi connectivity index (χ4v) is 1.45. The van der Waals surface area contributed by atoms with Crippen LogP contribution in [0, 0.1) is 5.92 Å². The number of hydrogen-bond donors (Lipinski definition) is 2. The summed E-state index contributed by atoms with van der Waals surface area (Å²) in [6.07, 6.45) is 0.868. The second kappa shape index (κ2) is 5.44. The highest BCUT2D eigenvalue weighted by molar-refractivity contribution is 5.92. The molecule has 16 heavy (non-hydrogen) atoms. The van der Waals surface area contributed by atoms with Crippen molar-refractivity contribution >= 4 is 5.91 Å². The molecule has 0 bridgehead atoms. The Bertz CT molecular complexity index is 391. The van der Waals surface area contributed by atoms with E-state index in [4.69, 9.17) is 0 Å². The number of H-pyrrole nitrogens is 1. The van der Waals surface area contributed by atoms with Gasteiger partial charge >= 0.3 is 0 Å². The molecule has 1 heterocycles. The molecule has 1 amide bonds. The zero-order valence-electron chi connectivity index (χ0n) is 9.78. The molecule has 0 aliphatic heterocycles. The first-order chi connectivity index (χ1) is 7.54. The lowest BCUT2D eigenvalue weighted by Crippen LogP contribution is -2.38. The molecule has 0 aliphatic rings. The third kappa shape index (κ3) is 3.18. The average Bonchev–Trinajstić information content (AvgIpc) is 2.26. The van der Waals surface area contributed by atoms with Crippen LogP contribution in [0.3, 0.4) is 0 Å². The molecule has 0 radical (unpaired) electrons. The number of hydrogen-bond acceptors (Lipinski definition) is 3. The summed E-state index contributed by atoms with van der Waals surface area (Å²) < 4.78 is 0. The van der Waals surface area contributed by atoms with Gasteiger partial charge in [-0.15, -0.1) is 0 Å². The van der Waals surface area contributed by atoms with Gasteiger partial charge in [0.15, 0.2) is 0 Å². The number of carbonyl (C=O) groups excluding carboxylic acids is 1. The van der Waals surface area contributed by atoms with Crippen LogP contribution in [-0.2, 0) is 0 Å². The van der Waals surface area contributed by atoms with Gasteiger partial charge in [-0.3, -0.25) is 9.59 Å². The molecule has 0 saturated heterocycles. The number of nitrogens with zero attached hydrogens (tertiary/aromatic N) is 1. The van der Waals surface area contributed by atoms with Crippen molar-refractivity contribution < 1.29 is 4.79 Å². The van der Waals surface area contributed by atoms with Crippen LogP contribution in [0.4, 0.5) is 0 Å². The minimum atomic E-state index is -0.313. The molecule has 0 unspecified atom stereocenters. The van der Waals surface area contributed by atoms with Crippen LogP contribution in [0.2, 0.25) is 0 Å². The smallest absolute Gasteiger partial charge is 0.271 e. The first kappa shape index (κ1) is 12.4. The second-order valence-corrected chi connectivity index (χ2v) is 4.04. The molecule has 1 rings (SSSR count). The van der Waals surface area contributed by atoms with Crippen LogP contribution in [0.1, 0.15) is 37.7 Å². The van der Waals surface area contributed by atoms with Crippen molar-refractivity contribution in [1.29, 1.82) is 0 Å². The van der Waals surface area contributed by atoms with Crippen molar-refractivity contribution in [2.75, 3.05) is 0 Å². The Balaban J connectivity index is 2.71. The summed E-state index contributed by atoms with van der Waals surface area (Å²) in [6, 6.07) is 2.83. The number of aromatic amines is 1. The Hall–Kier alpha value is -1.65. The number of carbonyl (C=O) groups is 1. The van der Waals surface area contributed by atoms with Gasteiger partial charge in [0.1, 0.15) is 5.69 Å². The fraction of sp³-hybridized carbons (Fsp3) is 0.545. The summed E-state index contributed by atoms with van der Waals surface area (Å²) in [6.45, 7) is 6.12. The van der Waals surface area contributed by atoms with Gasteiger partial charge in [-0.25, -0.2) is 5.10 Å². The molecule has 5 heteroatoms. The SMILES string of the molecule is CC[C@@H](NC(=O)c1ccc(=O)[nH]n1)C(C)C. The zero-order valence-corrected chi connectivity index (χ0v) is 9.78. The van der Waals surface area contributed by atoms with Crippen molar-refractivity contribution in [1.82, 2.24) is 15.5 Å². The lowest BCUT2D eigenvalue weighted by Gasteiger charge is -2.20. The molecular weight excluding hydrogens is 206 g/mol. The molecule has 0 aliphatic carbocycles. The molecule has 2 N–H and O–H groups in total. The number of rotatable bonds is 4. The van der Waals surface area contributed by atoms with Gasteiger partial charge in [-0.2, -0.15) is 5.10 Å². The van der Waals surface area contributed by atoms with E-state index in [1.165, 1.54) is 12.1 Å². The van der Waals surface area contributed by atoms with Gasteiger partial charge < -0.3 is 5.32 Å². The van der Waals surface area contributed by atoms with E-state index in [-0.39, 0.29) is 23.2 Å². The van der Waals surface area contributed by atoms with Crippen LogP contribution in [0.25, 0.3) is 0 Å². The Morgan fingerprint density at radius 1 is 1.50 bits per heavy atom. The standard InChI is InChI=1S/C11H17N3O2/c1-4-8(7(2)3)12-11(16)9-5-6-10(15)14-13-9/h5-8H,4H2,1-3H3,(H,12,16)(H,14,15)/t8-/m1/s1. The van der Waals surface area contributed by atoms with Crippen molar-refractivity contribution in [3.63, 3.8) is 0 Å². The van der Waals surface area contributed by atoms with E-state index in [0.717, 1.165) is 6.42 Å². The third-order valence-electron chi connectivity index (χ3n) is 2.47. The highest BCUT2D eigenvalue weighted by atomic mass is 16.2. The van der Waals surface area contributed by atoms with E-state index in [9.17, 15) is 9.59 Å². The van der Waals surface area contributed by atoms with Gasteiger partial charge in [0, 0.05) is 12.1 Å². The predicted molar refractivity (Wildman–Crippen MR) is 61.2 cm³/mol. The van der Waals surface area contributed by atoms with Crippen molar-refractivity contribution in [3.8, 4) is 0 Å². The van der Waals surface area contributed by atoms with E-state index >= 15 is 0 Å². The highest BCUT2D eigenvalue weighted by Gasteiger charge is 2.15. The van der Waals surface area contributed by atoms with Gasteiger partial charge in [-0.05, 0) is 18.4 Å². The highest BCUT2D eigenvalue weighted by Crippen LogP contribution is 2.06. The second-order valence-electron chi connectivity index (χ2n) is 4.04. The topological polar surface area (TPSA) is 74.8 Å². The first-order valence-corrected chi connectivity index (χ1v) is 5.41. The van der Waals surface area contributed by atoms with E-state index in [1.807, 2.05) is 6.92 Å². The number of nitrogens with one attached hydrogen (secondary N) is 2. The van der Waals surface area contributed by atoms with Crippen LogP contribution < -0.4 is 10.9 Å². The van der Waals surface area contributed by atoms with Crippen molar-refractivity contribution in [2.24, 2.45) is 5.92 Å². The summed E-state index contributed by atoms with van der Waals surface area (Å²) in [7, 11) is 0. The summed E-state index contributed by atoms with van der Waals surface area (Å²) in [5.74, 6) is 0.119. The molecule has 0 spiro atoms. The Labute approximate surface area is 94.3 Å². The molecule has 1 aromatic rings. The predicted octanol–water partition coefficient (Wildman–Crippen LogP) is 0.934. The molecule has 88 valence electrons. The average molecular weight is 223 g/mol. The molecule has 0 fully saturated rings.